The number of thiocarbonyl (C=S) groups is 1. The summed E-state index contributed by atoms with van der Waals surface area (Å²) in [7, 11) is 0. The van der Waals surface area contributed by atoms with E-state index >= 15 is 0 Å². The lowest BCUT2D eigenvalue weighted by atomic mass is 9.98. The van der Waals surface area contributed by atoms with Crippen molar-refractivity contribution in [3.63, 3.8) is 0 Å². The molecule has 0 unspecified atom stereocenters. The number of hydrogen-bond acceptors (Lipinski definition) is 2. The van der Waals surface area contributed by atoms with Crippen LogP contribution in [-0.2, 0) is 4.74 Å². The summed E-state index contributed by atoms with van der Waals surface area (Å²) in [6.45, 7) is 7.96. The first-order chi connectivity index (χ1) is 12.6. The van der Waals surface area contributed by atoms with Crippen LogP contribution in [0.1, 0.15) is 24.1 Å². The van der Waals surface area contributed by atoms with Crippen LogP contribution < -0.4 is 15.5 Å². The van der Waals surface area contributed by atoms with Crippen molar-refractivity contribution in [1.82, 2.24) is 5.32 Å². The van der Waals surface area contributed by atoms with Gasteiger partial charge in [0.15, 0.2) is 5.11 Å². The third-order valence-corrected chi connectivity index (χ3v) is 5.09. The van der Waals surface area contributed by atoms with Crippen LogP contribution in [0.2, 0.25) is 0 Å². The lowest BCUT2D eigenvalue weighted by Crippen LogP contribution is -3.15. The number of aryl methyl sites for hydroxylation is 1. The quantitative estimate of drug-likeness (QED) is 0.707. The second kappa shape index (κ2) is 9.12. The highest BCUT2D eigenvalue weighted by Crippen LogP contribution is 2.15. The Morgan fingerprint density at radius 2 is 1.81 bits per heavy atom. The lowest BCUT2D eigenvalue weighted by Gasteiger charge is -2.35. The fraction of sp³-hybridized carbons (Fsp3) is 0.381. The molecule has 0 radical (unpaired) electrons. The van der Waals surface area contributed by atoms with Crippen molar-refractivity contribution in [1.29, 1.82) is 0 Å². The fourth-order valence-electron chi connectivity index (χ4n) is 3.66. The van der Waals surface area contributed by atoms with Crippen molar-refractivity contribution in [3.05, 3.63) is 65.7 Å². The first-order valence-electron chi connectivity index (χ1n) is 9.25. The van der Waals surface area contributed by atoms with Gasteiger partial charge in [-0.1, -0.05) is 42.5 Å². The first kappa shape index (κ1) is 18.8. The zero-order chi connectivity index (χ0) is 18.4. The lowest BCUT2D eigenvalue weighted by molar-refractivity contribution is -0.940. The number of rotatable bonds is 5. The van der Waals surface area contributed by atoms with Gasteiger partial charge in [0, 0.05) is 11.3 Å². The zero-order valence-corrected chi connectivity index (χ0v) is 16.3. The number of hydrogen-bond donors (Lipinski definition) is 3. The molecule has 2 atom stereocenters. The van der Waals surface area contributed by atoms with Gasteiger partial charge in [-0.2, -0.15) is 0 Å². The second-order valence-electron chi connectivity index (χ2n) is 6.92. The molecule has 3 N–H and O–H groups in total. The van der Waals surface area contributed by atoms with Crippen molar-refractivity contribution in [3.8, 4) is 0 Å². The molecule has 26 heavy (non-hydrogen) atoms. The Hall–Kier alpha value is -1.95. The normalized spacial score (nSPS) is 17.3. The number of quaternary nitrogens is 1. The molecule has 4 nitrogen and oxygen atoms in total. The Morgan fingerprint density at radius 1 is 1.08 bits per heavy atom. The predicted molar refractivity (Wildman–Crippen MR) is 111 cm³/mol. The van der Waals surface area contributed by atoms with E-state index in [9.17, 15) is 0 Å². The smallest absolute Gasteiger partial charge is 0.171 e. The molecular weight excluding hydrogens is 342 g/mol. The van der Waals surface area contributed by atoms with Crippen LogP contribution in [0, 0.1) is 6.92 Å². The van der Waals surface area contributed by atoms with Crippen LogP contribution in [0.3, 0.4) is 0 Å². The molecule has 0 spiro atoms. The third-order valence-electron chi connectivity index (χ3n) is 4.87. The summed E-state index contributed by atoms with van der Waals surface area (Å²) in [5, 5.41) is 7.48. The second-order valence-corrected chi connectivity index (χ2v) is 7.32. The minimum atomic E-state index is 0.204. The maximum atomic E-state index is 5.57. The Morgan fingerprint density at radius 3 is 2.50 bits per heavy atom. The molecule has 138 valence electrons. The predicted octanol–water partition coefficient (Wildman–Crippen LogP) is 2.33. The molecule has 1 aliphatic rings. The van der Waals surface area contributed by atoms with Crippen molar-refractivity contribution in [2.75, 3.05) is 31.6 Å². The van der Waals surface area contributed by atoms with Gasteiger partial charge in [-0.25, -0.2) is 0 Å². The number of morpholine rings is 1. The highest BCUT2D eigenvalue weighted by atomic mass is 32.1. The summed E-state index contributed by atoms with van der Waals surface area (Å²) in [6, 6.07) is 19.5. The number of ether oxygens (including phenoxy) is 1. The largest absolute Gasteiger partial charge is 0.370 e. The van der Waals surface area contributed by atoms with Crippen LogP contribution in [0.4, 0.5) is 5.69 Å². The van der Waals surface area contributed by atoms with Crippen LogP contribution in [-0.4, -0.2) is 37.5 Å². The van der Waals surface area contributed by atoms with Crippen molar-refractivity contribution in [2.24, 2.45) is 0 Å². The molecule has 2 aromatic rings. The SMILES string of the molecule is Cc1cccc(NC(=S)N[C@@H](C)[C@@H](c2ccccc2)[NH+]2CCOCC2)c1. The van der Waals surface area contributed by atoms with Gasteiger partial charge in [0.2, 0.25) is 0 Å². The van der Waals surface area contributed by atoms with E-state index < -0.39 is 0 Å². The molecule has 0 aliphatic carbocycles. The van der Waals surface area contributed by atoms with Crippen LogP contribution in [0.25, 0.3) is 0 Å². The Labute approximate surface area is 161 Å². The summed E-state index contributed by atoms with van der Waals surface area (Å²) in [4.78, 5) is 1.54. The van der Waals surface area contributed by atoms with Gasteiger partial charge in [-0.3, -0.25) is 0 Å². The highest BCUT2D eigenvalue weighted by Gasteiger charge is 2.31. The summed E-state index contributed by atoms with van der Waals surface area (Å²) in [5.74, 6) is 0. The fourth-order valence-corrected chi connectivity index (χ4v) is 3.97. The van der Waals surface area contributed by atoms with E-state index in [-0.39, 0.29) is 6.04 Å². The van der Waals surface area contributed by atoms with Gasteiger partial charge in [0.05, 0.1) is 19.3 Å². The average molecular weight is 371 g/mol. The van der Waals surface area contributed by atoms with Gasteiger partial charge in [0.25, 0.3) is 0 Å². The summed E-state index contributed by atoms with van der Waals surface area (Å²) in [5.41, 5.74) is 3.57. The van der Waals surface area contributed by atoms with E-state index in [0.29, 0.717) is 11.2 Å². The van der Waals surface area contributed by atoms with E-state index in [2.05, 4.69) is 66.9 Å². The highest BCUT2D eigenvalue weighted by molar-refractivity contribution is 7.80. The van der Waals surface area contributed by atoms with Crippen LogP contribution >= 0.6 is 12.2 Å². The molecule has 1 fully saturated rings. The summed E-state index contributed by atoms with van der Waals surface area (Å²) < 4.78 is 5.56. The molecule has 0 amide bonds. The van der Waals surface area contributed by atoms with Crippen molar-refractivity contribution < 1.29 is 9.64 Å². The molecule has 2 aromatic carbocycles. The zero-order valence-electron chi connectivity index (χ0n) is 15.5. The molecule has 1 saturated heterocycles. The van der Waals surface area contributed by atoms with E-state index in [4.69, 9.17) is 17.0 Å². The molecule has 0 aromatic heterocycles. The van der Waals surface area contributed by atoms with Gasteiger partial charge < -0.3 is 20.3 Å². The first-order valence-corrected chi connectivity index (χ1v) is 9.66. The monoisotopic (exact) mass is 370 g/mol. The van der Waals surface area contributed by atoms with Gasteiger partial charge in [-0.15, -0.1) is 0 Å². The van der Waals surface area contributed by atoms with E-state index in [1.54, 1.807) is 4.90 Å². The molecule has 0 saturated carbocycles. The standard InChI is InChI=1S/C21H27N3OS/c1-16-7-6-10-19(15-16)23-21(26)22-17(2)20(18-8-4-3-5-9-18)24-11-13-25-14-12-24/h3-10,15,17,20H,11-14H2,1-2H3,(H2,22,23,26)/p+1/t17-,20-/m0/s1. The minimum Gasteiger partial charge on any atom is -0.370 e. The molecule has 3 rings (SSSR count). The molecule has 0 bridgehead atoms. The van der Waals surface area contributed by atoms with Crippen LogP contribution in [0.5, 0.6) is 0 Å². The Kier molecular flexibility index (Phi) is 6.61. The maximum Gasteiger partial charge on any atom is 0.171 e. The van der Waals surface area contributed by atoms with Gasteiger partial charge in [-0.05, 0) is 43.8 Å². The van der Waals surface area contributed by atoms with E-state index in [0.717, 1.165) is 32.0 Å². The van der Waals surface area contributed by atoms with E-state index in [1.165, 1.54) is 11.1 Å². The molecule has 1 heterocycles. The number of benzene rings is 2. The molecular formula is C21H28N3OS+. The van der Waals surface area contributed by atoms with Crippen LogP contribution in [0.15, 0.2) is 54.6 Å². The van der Waals surface area contributed by atoms with Crippen molar-refractivity contribution >= 4 is 23.0 Å². The van der Waals surface area contributed by atoms with E-state index in [1.807, 2.05) is 12.1 Å². The molecule has 1 aliphatic heterocycles. The van der Waals surface area contributed by atoms with Gasteiger partial charge >= 0.3 is 0 Å². The minimum absolute atomic E-state index is 0.204. The average Bonchev–Trinajstić information content (AvgIpc) is 2.63. The maximum absolute atomic E-state index is 5.57. The summed E-state index contributed by atoms with van der Waals surface area (Å²) >= 11 is 5.57. The van der Waals surface area contributed by atoms with Crippen molar-refractivity contribution in [2.45, 2.75) is 25.9 Å². The number of anilines is 1. The Bertz CT molecular complexity index is 716. The number of nitrogens with one attached hydrogen (secondary N) is 3. The summed E-state index contributed by atoms with van der Waals surface area (Å²) in [6.07, 6.45) is 0. The molecule has 5 heteroatoms. The topological polar surface area (TPSA) is 37.7 Å². The van der Waals surface area contributed by atoms with Gasteiger partial charge in [0.1, 0.15) is 19.1 Å². The third kappa shape index (κ3) is 5.04. The Balaban J connectivity index is 1.70.